The zero-order chi connectivity index (χ0) is 16.4. The molecule has 0 atom stereocenters. The van der Waals surface area contributed by atoms with Gasteiger partial charge < -0.3 is 4.90 Å². The number of hydrogen-bond acceptors (Lipinski definition) is 3. The lowest BCUT2D eigenvalue weighted by Gasteiger charge is -2.22. The molecule has 0 fully saturated rings. The maximum absolute atomic E-state index is 13.1. The fourth-order valence-corrected chi connectivity index (χ4v) is 2.68. The number of aromatic nitrogens is 2. The molecular formula is C18H18FN3O. The molecule has 0 aliphatic rings. The van der Waals surface area contributed by atoms with Crippen LogP contribution in [0.3, 0.4) is 0 Å². The molecule has 23 heavy (non-hydrogen) atoms. The van der Waals surface area contributed by atoms with Crippen LogP contribution in [0.2, 0.25) is 0 Å². The number of anilines is 1. The number of rotatable bonds is 4. The first kappa shape index (κ1) is 15.2. The second kappa shape index (κ2) is 6.20. The minimum Gasteiger partial charge on any atom is -0.366 e. The fraction of sp³-hybridized carbons (Fsp3) is 0.222. The highest BCUT2D eigenvalue weighted by Gasteiger charge is 2.09. The van der Waals surface area contributed by atoms with Crippen LogP contribution in [0.1, 0.15) is 18.3 Å². The molecule has 2 aromatic heterocycles. The third kappa shape index (κ3) is 3.08. The molecule has 5 heteroatoms. The van der Waals surface area contributed by atoms with E-state index in [2.05, 4.69) is 4.98 Å². The van der Waals surface area contributed by atoms with Gasteiger partial charge in [-0.1, -0.05) is 6.07 Å². The summed E-state index contributed by atoms with van der Waals surface area (Å²) in [5.74, 6) is -0.262. The van der Waals surface area contributed by atoms with Crippen molar-refractivity contribution in [1.29, 1.82) is 0 Å². The van der Waals surface area contributed by atoms with Crippen LogP contribution in [0, 0.1) is 12.7 Å². The van der Waals surface area contributed by atoms with E-state index in [-0.39, 0.29) is 11.4 Å². The van der Waals surface area contributed by atoms with Crippen LogP contribution in [-0.4, -0.2) is 15.9 Å². The summed E-state index contributed by atoms with van der Waals surface area (Å²) in [4.78, 5) is 19.0. The minimum atomic E-state index is -0.262. The molecule has 0 aliphatic heterocycles. The van der Waals surface area contributed by atoms with Crippen molar-refractivity contribution in [2.24, 2.45) is 0 Å². The molecule has 0 amide bonds. The summed E-state index contributed by atoms with van der Waals surface area (Å²) < 4.78 is 14.7. The van der Waals surface area contributed by atoms with Gasteiger partial charge in [0.25, 0.3) is 5.56 Å². The lowest BCUT2D eigenvalue weighted by molar-refractivity contribution is 0.627. The van der Waals surface area contributed by atoms with Gasteiger partial charge in [0.05, 0.1) is 12.2 Å². The lowest BCUT2D eigenvalue weighted by Crippen LogP contribution is -2.25. The predicted molar refractivity (Wildman–Crippen MR) is 89.3 cm³/mol. The average molecular weight is 311 g/mol. The highest BCUT2D eigenvalue weighted by molar-refractivity contribution is 5.47. The Morgan fingerprint density at radius 2 is 1.91 bits per heavy atom. The van der Waals surface area contributed by atoms with Gasteiger partial charge in [-0.15, -0.1) is 0 Å². The molecule has 2 heterocycles. The summed E-state index contributed by atoms with van der Waals surface area (Å²) in [6, 6.07) is 13.5. The number of fused-ring (bicyclic) bond motifs is 1. The molecule has 0 bridgehead atoms. The summed E-state index contributed by atoms with van der Waals surface area (Å²) >= 11 is 0. The summed E-state index contributed by atoms with van der Waals surface area (Å²) in [6.07, 6.45) is 0. The molecule has 0 spiro atoms. The standard InChI is InChI=1S/C18H18FN3O/c1-3-21(16-9-7-14(19)8-10-16)12-15-11-18(23)22-13(2)5-4-6-17(22)20-15/h4-11H,3,12H2,1-2H3. The maximum Gasteiger partial charge on any atom is 0.258 e. The third-order valence-electron chi connectivity index (χ3n) is 3.86. The van der Waals surface area contributed by atoms with E-state index < -0.39 is 0 Å². The number of pyridine rings is 1. The smallest absolute Gasteiger partial charge is 0.258 e. The molecule has 0 saturated heterocycles. The molecule has 118 valence electrons. The van der Waals surface area contributed by atoms with E-state index in [1.54, 1.807) is 22.6 Å². The predicted octanol–water partition coefficient (Wildman–Crippen LogP) is 3.17. The fourth-order valence-electron chi connectivity index (χ4n) is 2.68. The molecule has 0 radical (unpaired) electrons. The first-order valence-electron chi connectivity index (χ1n) is 7.57. The molecule has 3 aromatic rings. The lowest BCUT2D eigenvalue weighted by atomic mass is 10.2. The van der Waals surface area contributed by atoms with Crippen LogP contribution >= 0.6 is 0 Å². The van der Waals surface area contributed by atoms with E-state index >= 15 is 0 Å². The van der Waals surface area contributed by atoms with Crippen LogP contribution in [0.15, 0.2) is 53.3 Å². The number of nitrogens with zero attached hydrogens (tertiary/aromatic N) is 3. The number of benzene rings is 1. The van der Waals surface area contributed by atoms with Crippen LogP contribution in [0.25, 0.3) is 5.65 Å². The summed E-state index contributed by atoms with van der Waals surface area (Å²) in [7, 11) is 0. The highest BCUT2D eigenvalue weighted by Crippen LogP contribution is 2.17. The van der Waals surface area contributed by atoms with Gasteiger partial charge in [0.1, 0.15) is 11.5 Å². The van der Waals surface area contributed by atoms with Crippen molar-refractivity contribution in [3.63, 3.8) is 0 Å². The molecule has 3 rings (SSSR count). The number of hydrogen-bond donors (Lipinski definition) is 0. The van der Waals surface area contributed by atoms with E-state index in [1.165, 1.54) is 12.1 Å². The SMILES string of the molecule is CCN(Cc1cc(=O)n2c(C)cccc2n1)c1ccc(F)cc1. The van der Waals surface area contributed by atoms with E-state index in [9.17, 15) is 9.18 Å². The first-order chi connectivity index (χ1) is 11.1. The monoisotopic (exact) mass is 311 g/mol. The second-order valence-corrected chi connectivity index (χ2v) is 5.44. The Morgan fingerprint density at radius 3 is 2.61 bits per heavy atom. The van der Waals surface area contributed by atoms with Crippen molar-refractivity contribution in [2.45, 2.75) is 20.4 Å². The Bertz CT molecular complexity index is 887. The van der Waals surface area contributed by atoms with Gasteiger partial charge in [-0.25, -0.2) is 9.37 Å². The average Bonchev–Trinajstić information content (AvgIpc) is 2.53. The van der Waals surface area contributed by atoms with Crippen molar-refractivity contribution >= 4 is 11.3 Å². The second-order valence-electron chi connectivity index (χ2n) is 5.44. The van der Waals surface area contributed by atoms with Crippen LogP contribution in [0.4, 0.5) is 10.1 Å². The quantitative estimate of drug-likeness (QED) is 0.743. The van der Waals surface area contributed by atoms with E-state index in [0.717, 1.165) is 17.9 Å². The van der Waals surface area contributed by atoms with Crippen LogP contribution in [0.5, 0.6) is 0 Å². The van der Waals surface area contributed by atoms with Gasteiger partial charge >= 0.3 is 0 Å². The van der Waals surface area contributed by atoms with Gasteiger partial charge in [0.2, 0.25) is 0 Å². The van der Waals surface area contributed by atoms with Crippen molar-refractivity contribution < 1.29 is 4.39 Å². The van der Waals surface area contributed by atoms with E-state index in [1.807, 2.05) is 36.9 Å². The van der Waals surface area contributed by atoms with E-state index in [4.69, 9.17) is 0 Å². The van der Waals surface area contributed by atoms with Gasteiger partial charge in [0, 0.05) is 24.0 Å². The maximum atomic E-state index is 13.1. The molecular weight excluding hydrogens is 293 g/mol. The molecule has 4 nitrogen and oxygen atoms in total. The van der Waals surface area contributed by atoms with E-state index in [0.29, 0.717) is 17.9 Å². The number of halogens is 1. The Labute approximate surface area is 133 Å². The molecule has 1 aromatic carbocycles. The van der Waals surface area contributed by atoms with Crippen molar-refractivity contribution in [1.82, 2.24) is 9.38 Å². The molecule has 0 unspecified atom stereocenters. The Morgan fingerprint density at radius 1 is 1.17 bits per heavy atom. The Hall–Kier alpha value is -2.69. The first-order valence-corrected chi connectivity index (χ1v) is 7.57. The van der Waals surface area contributed by atoms with Crippen molar-refractivity contribution in [2.75, 3.05) is 11.4 Å². The van der Waals surface area contributed by atoms with Crippen molar-refractivity contribution in [3.05, 3.63) is 76.1 Å². The number of aryl methyl sites for hydroxylation is 1. The molecule has 0 N–H and O–H groups in total. The zero-order valence-electron chi connectivity index (χ0n) is 13.2. The molecule has 0 saturated carbocycles. The molecule has 0 aliphatic carbocycles. The van der Waals surface area contributed by atoms with Gasteiger partial charge in [-0.2, -0.15) is 0 Å². The largest absolute Gasteiger partial charge is 0.366 e. The summed E-state index contributed by atoms with van der Waals surface area (Å²) in [6.45, 7) is 5.14. The van der Waals surface area contributed by atoms with Gasteiger partial charge in [-0.05, 0) is 50.2 Å². The normalized spacial score (nSPS) is 10.9. The van der Waals surface area contributed by atoms with Gasteiger partial charge in [-0.3, -0.25) is 9.20 Å². The topological polar surface area (TPSA) is 37.6 Å². The Balaban J connectivity index is 1.97. The summed E-state index contributed by atoms with van der Waals surface area (Å²) in [5, 5.41) is 0. The minimum absolute atomic E-state index is 0.0849. The zero-order valence-corrected chi connectivity index (χ0v) is 13.2. The summed E-state index contributed by atoms with van der Waals surface area (Å²) in [5.41, 5.74) is 3.02. The van der Waals surface area contributed by atoms with Crippen molar-refractivity contribution in [3.8, 4) is 0 Å². The third-order valence-corrected chi connectivity index (χ3v) is 3.86. The highest BCUT2D eigenvalue weighted by atomic mass is 19.1. The van der Waals surface area contributed by atoms with Crippen LogP contribution < -0.4 is 10.5 Å². The van der Waals surface area contributed by atoms with Crippen LogP contribution in [-0.2, 0) is 6.54 Å². The Kier molecular flexibility index (Phi) is 4.10. The van der Waals surface area contributed by atoms with Gasteiger partial charge in [0.15, 0.2) is 0 Å².